The average Bonchev–Trinajstić information content (AvgIpc) is 3.22. The monoisotopic (exact) mass is 405 g/mol. The number of nitrogens with one attached hydrogen (secondary N) is 2. The summed E-state index contributed by atoms with van der Waals surface area (Å²) >= 11 is 12.2. The van der Waals surface area contributed by atoms with Crippen molar-refractivity contribution in [3.63, 3.8) is 0 Å². The Labute approximate surface area is 169 Å². The van der Waals surface area contributed by atoms with Crippen molar-refractivity contribution in [2.24, 2.45) is 5.92 Å². The molecular formula is C21H22Cl2FN3. The highest BCUT2D eigenvalue weighted by atomic mass is 35.5. The van der Waals surface area contributed by atoms with Gasteiger partial charge in [-0.15, -0.1) is 23.2 Å². The number of rotatable bonds is 6. The van der Waals surface area contributed by atoms with E-state index in [0.29, 0.717) is 29.1 Å². The Bertz CT molecular complexity index is 937. The summed E-state index contributed by atoms with van der Waals surface area (Å²) in [5, 5.41) is 6.38. The molecule has 4 N–H and O–H groups in total. The maximum Gasteiger partial charge on any atom is 0.127 e. The normalized spacial score (nSPS) is 17.3. The molecule has 0 aromatic heterocycles. The highest BCUT2D eigenvalue weighted by Gasteiger charge is 2.53. The summed E-state index contributed by atoms with van der Waals surface area (Å²) in [6.07, 6.45) is 0.688. The predicted octanol–water partition coefficient (Wildman–Crippen LogP) is 6.23. The van der Waals surface area contributed by atoms with Crippen LogP contribution >= 0.6 is 23.2 Å². The number of nitrogen functional groups attached to an aromatic ring is 1. The molecule has 3 rings (SSSR count). The molecular weight excluding hydrogens is 384 g/mol. The largest absolute Gasteiger partial charge is 0.397 e. The fourth-order valence-electron chi connectivity index (χ4n) is 2.98. The van der Waals surface area contributed by atoms with E-state index >= 15 is 0 Å². The van der Waals surface area contributed by atoms with Gasteiger partial charge in [-0.1, -0.05) is 19.2 Å². The SMILES string of the molecule is C=C(Nc1cc(F)cc(C)c1N)c1cc(NC(=C)C2CC2(Cl)Cl)ccc1C. The van der Waals surface area contributed by atoms with E-state index in [1.165, 1.54) is 12.1 Å². The highest BCUT2D eigenvalue weighted by Crippen LogP contribution is 2.56. The van der Waals surface area contributed by atoms with Gasteiger partial charge in [-0.05, 0) is 55.7 Å². The maximum atomic E-state index is 13.7. The second kappa shape index (κ2) is 7.10. The quantitative estimate of drug-likeness (QED) is 0.394. The van der Waals surface area contributed by atoms with E-state index in [2.05, 4.69) is 23.8 Å². The first-order chi connectivity index (χ1) is 12.6. The second-order valence-electron chi connectivity index (χ2n) is 6.99. The van der Waals surface area contributed by atoms with Gasteiger partial charge in [0, 0.05) is 28.6 Å². The third-order valence-electron chi connectivity index (χ3n) is 4.75. The number of hydrogen-bond donors (Lipinski definition) is 3. The van der Waals surface area contributed by atoms with Crippen molar-refractivity contribution in [3.05, 3.63) is 71.7 Å². The number of nitrogens with two attached hydrogens (primary N) is 1. The van der Waals surface area contributed by atoms with E-state index in [1.807, 2.05) is 25.1 Å². The Hall–Kier alpha value is -2.17. The predicted molar refractivity (Wildman–Crippen MR) is 115 cm³/mol. The number of halogens is 3. The van der Waals surface area contributed by atoms with Crippen LogP contribution in [0.3, 0.4) is 0 Å². The van der Waals surface area contributed by atoms with Gasteiger partial charge in [-0.3, -0.25) is 0 Å². The van der Waals surface area contributed by atoms with Crippen molar-refractivity contribution in [1.82, 2.24) is 0 Å². The lowest BCUT2D eigenvalue weighted by Crippen LogP contribution is -2.07. The van der Waals surface area contributed by atoms with Gasteiger partial charge in [-0.25, -0.2) is 4.39 Å². The van der Waals surface area contributed by atoms with Crippen LogP contribution in [0.2, 0.25) is 0 Å². The molecule has 6 heteroatoms. The van der Waals surface area contributed by atoms with Crippen molar-refractivity contribution in [1.29, 1.82) is 0 Å². The molecule has 1 unspecified atom stereocenters. The van der Waals surface area contributed by atoms with Gasteiger partial charge < -0.3 is 16.4 Å². The molecule has 1 fully saturated rings. The molecule has 0 spiro atoms. The zero-order valence-corrected chi connectivity index (χ0v) is 16.8. The lowest BCUT2D eigenvalue weighted by atomic mass is 10.0. The molecule has 0 bridgehead atoms. The van der Waals surface area contributed by atoms with Crippen LogP contribution in [0.25, 0.3) is 5.70 Å². The first-order valence-electron chi connectivity index (χ1n) is 8.54. The van der Waals surface area contributed by atoms with Crippen molar-refractivity contribution < 1.29 is 4.39 Å². The minimum atomic E-state index is -0.727. The molecule has 27 heavy (non-hydrogen) atoms. The third kappa shape index (κ3) is 4.23. The summed E-state index contributed by atoms with van der Waals surface area (Å²) in [6, 6.07) is 8.63. The molecule has 2 aromatic carbocycles. The Morgan fingerprint density at radius 2 is 1.81 bits per heavy atom. The minimum Gasteiger partial charge on any atom is -0.397 e. The van der Waals surface area contributed by atoms with Gasteiger partial charge in [0.15, 0.2) is 0 Å². The Morgan fingerprint density at radius 3 is 2.44 bits per heavy atom. The molecule has 0 aliphatic heterocycles. The van der Waals surface area contributed by atoms with Crippen LogP contribution < -0.4 is 16.4 Å². The third-order valence-corrected chi connectivity index (χ3v) is 5.59. The molecule has 1 aliphatic carbocycles. The van der Waals surface area contributed by atoms with Gasteiger partial charge in [0.2, 0.25) is 0 Å². The summed E-state index contributed by atoms with van der Waals surface area (Å²) in [7, 11) is 0. The molecule has 0 amide bonds. The van der Waals surface area contributed by atoms with Crippen LogP contribution in [0.15, 0.2) is 49.2 Å². The summed E-state index contributed by atoms with van der Waals surface area (Å²) < 4.78 is 13.0. The van der Waals surface area contributed by atoms with Gasteiger partial charge >= 0.3 is 0 Å². The lowest BCUT2D eigenvalue weighted by molar-refractivity contribution is 0.627. The highest BCUT2D eigenvalue weighted by molar-refractivity contribution is 6.51. The van der Waals surface area contributed by atoms with E-state index in [1.54, 1.807) is 6.92 Å². The smallest absolute Gasteiger partial charge is 0.127 e. The van der Waals surface area contributed by atoms with Gasteiger partial charge in [0.25, 0.3) is 0 Å². The van der Waals surface area contributed by atoms with Gasteiger partial charge in [0.1, 0.15) is 10.2 Å². The summed E-state index contributed by atoms with van der Waals surface area (Å²) in [5.74, 6) is -0.322. The number of allylic oxidation sites excluding steroid dienone is 1. The number of anilines is 3. The number of alkyl halides is 2. The summed E-state index contributed by atoms with van der Waals surface area (Å²) in [4.78, 5) is 0. The Balaban J connectivity index is 1.80. The van der Waals surface area contributed by atoms with Crippen LogP contribution in [0.4, 0.5) is 21.5 Å². The minimum absolute atomic E-state index is 0.0296. The van der Waals surface area contributed by atoms with E-state index in [0.717, 1.165) is 22.5 Å². The fraction of sp³-hybridized carbons (Fsp3) is 0.238. The van der Waals surface area contributed by atoms with Gasteiger partial charge in [0.05, 0.1) is 11.4 Å². The molecule has 1 aliphatic rings. The summed E-state index contributed by atoms with van der Waals surface area (Å²) in [5.41, 5.74) is 11.9. The Kier molecular flexibility index (Phi) is 5.15. The van der Waals surface area contributed by atoms with E-state index < -0.39 is 4.33 Å². The Morgan fingerprint density at radius 1 is 1.15 bits per heavy atom. The topological polar surface area (TPSA) is 50.1 Å². The molecule has 0 saturated heterocycles. The zero-order valence-electron chi connectivity index (χ0n) is 15.3. The average molecular weight is 406 g/mol. The van der Waals surface area contributed by atoms with Crippen molar-refractivity contribution in [2.45, 2.75) is 24.6 Å². The maximum absolute atomic E-state index is 13.7. The number of aryl methyl sites for hydroxylation is 2. The van der Waals surface area contributed by atoms with Crippen LogP contribution in [0, 0.1) is 25.6 Å². The molecule has 0 heterocycles. The first-order valence-corrected chi connectivity index (χ1v) is 9.30. The number of benzene rings is 2. The molecule has 1 saturated carbocycles. The zero-order chi connectivity index (χ0) is 19.9. The van der Waals surface area contributed by atoms with Crippen LogP contribution in [-0.4, -0.2) is 4.33 Å². The molecule has 3 nitrogen and oxygen atoms in total. The van der Waals surface area contributed by atoms with E-state index in [9.17, 15) is 4.39 Å². The second-order valence-corrected chi connectivity index (χ2v) is 8.53. The van der Waals surface area contributed by atoms with E-state index in [-0.39, 0.29) is 11.7 Å². The molecule has 142 valence electrons. The lowest BCUT2D eigenvalue weighted by Gasteiger charge is -2.17. The molecule has 2 aromatic rings. The van der Waals surface area contributed by atoms with E-state index in [4.69, 9.17) is 28.9 Å². The van der Waals surface area contributed by atoms with Crippen molar-refractivity contribution in [2.75, 3.05) is 16.4 Å². The van der Waals surface area contributed by atoms with Crippen LogP contribution in [0.1, 0.15) is 23.1 Å². The van der Waals surface area contributed by atoms with Gasteiger partial charge in [-0.2, -0.15) is 0 Å². The standard InChI is InChI=1S/C21H22Cl2FN3/c1-11-5-6-16(26-14(4)18-10-21(18,22)23)9-17(11)13(3)27-19-8-15(24)7-12(2)20(19)25/h5-9,18,26-27H,3-4,10,25H2,1-2H3. The first kappa shape index (κ1) is 19.6. The molecule has 1 atom stereocenters. The molecule has 0 radical (unpaired) electrons. The summed E-state index contributed by atoms with van der Waals surface area (Å²) in [6.45, 7) is 11.9. The number of hydrogen-bond acceptors (Lipinski definition) is 3. The van der Waals surface area contributed by atoms with Crippen molar-refractivity contribution >= 4 is 46.0 Å². The van der Waals surface area contributed by atoms with Crippen molar-refractivity contribution in [3.8, 4) is 0 Å². The van der Waals surface area contributed by atoms with Crippen LogP contribution in [-0.2, 0) is 0 Å². The fourth-order valence-corrected chi connectivity index (χ4v) is 3.55. The van der Waals surface area contributed by atoms with Crippen LogP contribution in [0.5, 0.6) is 0 Å².